The molecule has 2 bridgehead atoms. The van der Waals surface area contributed by atoms with Crippen LogP contribution in [0, 0.1) is 17.6 Å². The zero-order valence-electron chi connectivity index (χ0n) is 26.3. The molecule has 2 aromatic carbocycles. The van der Waals surface area contributed by atoms with Gasteiger partial charge in [-0.05, 0) is 67.1 Å². The number of anilines is 1. The first-order valence-electron chi connectivity index (χ1n) is 15.5. The fourth-order valence-corrected chi connectivity index (χ4v) is 8.41. The number of piperazine rings is 1. The highest BCUT2D eigenvalue weighted by molar-refractivity contribution is 7.89. The van der Waals surface area contributed by atoms with Gasteiger partial charge in [0.15, 0.2) is 0 Å². The van der Waals surface area contributed by atoms with Crippen molar-refractivity contribution in [2.75, 3.05) is 31.3 Å². The predicted octanol–water partition coefficient (Wildman–Crippen LogP) is 5.68. The Labute approximate surface area is 285 Å². The molecule has 2 fully saturated rings. The Bertz CT molecular complexity index is 1810. The van der Waals surface area contributed by atoms with E-state index in [2.05, 4.69) is 15.6 Å². The van der Waals surface area contributed by atoms with Crippen LogP contribution in [0.4, 0.5) is 27.6 Å². The van der Waals surface area contributed by atoms with Gasteiger partial charge in [-0.1, -0.05) is 23.7 Å². The number of rotatable bonds is 10. The number of aromatic nitrogens is 1. The molecule has 2 saturated heterocycles. The van der Waals surface area contributed by atoms with Gasteiger partial charge in [0.05, 0.1) is 35.8 Å². The molecule has 3 unspecified atom stereocenters. The van der Waals surface area contributed by atoms with Crippen molar-refractivity contribution in [3.05, 3.63) is 93.8 Å². The SMILES string of the molecule is COC(=O)C[C@H](C(=O)Nc1cccc(F)c1CCC1CNC2CCCS(=O)(=O)N1C2)[C@H](c1cncc(C(F)(F)F)c1)c1ccc(Cl)c(F)c1. The van der Waals surface area contributed by atoms with Crippen LogP contribution < -0.4 is 10.6 Å². The molecular formula is C33H34ClF5N4O5S. The van der Waals surface area contributed by atoms with Crippen LogP contribution >= 0.6 is 11.6 Å². The minimum atomic E-state index is -4.81. The Balaban J connectivity index is 1.49. The third kappa shape index (κ3) is 8.56. The van der Waals surface area contributed by atoms with E-state index in [1.165, 1.54) is 34.6 Å². The number of methoxy groups -OCH3 is 1. The van der Waals surface area contributed by atoms with Crippen molar-refractivity contribution < 1.29 is 44.7 Å². The zero-order chi connectivity index (χ0) is 35.5. The van der Waals surface area contributed by atoms with E-state index in [9.17, 15) is 35.6 Å². The number of halogens is 6. The van der Waals surface area contributed by atoms with E-state index < -0.39 is 69.6 Å². The fraction of sp³-hybridized carbons (Fsp3) is 0.424. The minimum absolute atomic E-state index is 0.0171. The Morgan fingerprint density at radius 3 is 2.61 bits per heavy atom. The summed E-state index contributed by atoms with van der Waals surface area (Å²) in [6.07, 6.45) is -2.30. The maximum Gasteiger partial charge on any atom is 0.417 e. The lowest BCUT2D eigenvalue weighted by Gasteiger charge is -2.37. The largest absolute Gasteiger partial charge is 0.469 e. The average molecular weight is 729 g/mol. The maximum atomic E-state index is 15.4. The van der Waals surface area contributed by atoms with Crippen molar-refractivity contribution >= 4 is 39.2 Å². The summed E-state index contributed by atoms with van der Waals surface area (Å²) in [7, 11) is -2.45. The fourth-order valence-electron chi connectivity index (χ4n) is 6.48. The summed E-state index contributed by atoms with van der Waals surface area (Å²) in [5, 5.41) is 5.71. The molecule has 3 aromatic rings. The van der Waals surface area contributed by atoms with E-state index in [4.69, 9.17) is 16.3 Å². The molecule has 0 saturated carbocycles. The van der Waals surface area contributed by atoms with Gasteiger partial charge in [-0.15, -0.1) is 0 Å². The van der Waals surface area contributed by atoms with Gasteiger partial charge in [0.2, 0.25) is 15.9 Å². The number of pyridine rings is 1. The van der Waals surface area contributed by atoms with Crippen molar-refractivity contribution in [1.82, 2.24) is 14.6 Å². The van der Waals surface area contributed by atoms with E-state index in [0.717, 1.165) is 31.9 Å². The van der Waals surface area contributed by atoms with E-state index in [0.29, 0.717) is 25.7 Å². The summed E-state index contributed by atoms with van der Waals surface area (Å²) < 4.78 is 103. The summed E-state index contributed by atoms with van der Waals surface area (Å²) >= 11 is 5.88. The summed E-state index contributed by atoms with van der Waals surface area (Å²) in [4.78, 5) is 30.5. The summed E-state index contributed by atoms with van der Waals surface area (Å²) in [5.41, 5.74) is -1.18. The van der Waals surface area contributed by atoms with Gasteiger partial charge in [0.25, 0.3) is 0 Å². The molecule has 9 nitrogen and oxygen atoms in total. The Kier molecular flexibility index (Phi) is 11.3. The monoisotopic (exact) mass is 728 g/mol. The molecule has 1 amide bonds. The van der Waals surface area contributed by atoms with Crippen molar-refractivity contribution in [3.63, 3.8) is 0 Å². The Hall–Kier alpha value is -3.66. The molecule has 0 aliphatic carbocycles. The lowest BCUT2D eigenvalue weighted by molar-refractivity contribution is -0.143. The molecule has 3 heterocycles. The summed E-state index contributed by atoms with van der Waals surface area (Å²) in [6, 6.07) is 7.72. The van der Waals surface area contributed by atoms with Crippen LogP contribution in [0.25, 0.3) is 0 Å². The van der Waals surface area contributed by atoms with Crippen LogP contribution in [0.2, 0.25) is 5.02 Å². The van der Waals surface area contributed by atoms with Crippen LogP contribution in [0.5, 0.6) is 0 Å². The van der Waals surface area contributed by atoms with Gasteiger partial charge < -0.3 is 15.4 Å². The molecule has 2 aliphatic rings. The molecule has 5 atom stereocenters. The third-order valence-electron chi connectivity index (χ3n) is 8.97. The molecule has 0 radical (unpaired) electrons. The number of nitrogens with zero attached hydrogens (tertiary/aromatic N) is 2. The smallest absolute Gasteiger partial charge is 0.417 e. The maximum absolute atomic E-state index is 15.4. The number of hydrogen-bond donors (Lipinski definition) is 2. The molecule has 0 spiro atoms. The molecular weight excluding hydrogens is 695 g/mol. The second-order valence-electron chi connectivity index (χ2n) is 12.1. The van der Waals surface area contributed by atoms with E-state index in [1.54, 1.807) is 0 Å². The van der Waals surface area contributed by atoms with Gasteiger partial charge in [0, 0.05) is 54.7 Å². The van der Waals surface area contributed by atoms with Crippen LogP contribution in [-0.2, 0) is 36.9 Å². The number of nitrogens with one attached hydrogen (secondary N) is 2. The Morgan fingerprint density at radius 1 is 1.12 bits per heavy atom. The van der Waals surface area contributed by atoms with Crippen molar-refractivity contribution in [2.24, 2.45) is 5.92 Å². The van der Waals surface area contributed by atoms with E-state index >= 15 is 4.39 Å². The molecule has 2 aliphatic heterocycles. The number of hydrogen-bond acceptors (Lipinski definition) is 7. The third-order valence-corrected chi connectivity index (χ3v) is 11.2. The second kappa shape index (κ2) is 15.1. The highest BCUT2D eigenvalue weighted by Crippen LogP contribution is 2.39. The number of carbonyl (C=O) groups excluding carboxylic acids is 2. The van der Waals surface area contributed by atoms with Gasteiger partial charge >= 0.3 is 12.1 Å². The van der Waals surface area contributed by atoms with E-state index in [-0.39, 0.29) is 52.0 Å². The number of alkyl halides is 3. The quantitative estimate of drug-likeness (QED) is 0.204. The normalized spacial score (nSPS) is 21.7. The molecule has 1 aromatic heterocycles. The van der Waals surface area contributed by atoms with Crippen molar-refractivity contribution in [2.45, 2.75) is 56.3 Å². The molecule has 49 heavy (non-hydrogen) atoms. The number of fused-ring (bicyclic) bond motifs is 2. The van der Waals surface area contributed by atoms with Crippen LogP contribution in [-0.4, -0.2) is 67.6 Å². The zero-order valence-corrected chi connectivity index (χ0v) is 27.8. The van der Waals surface area contributed by atoms with Crippen molar-refractivity contribution in [3.8, 4) is 0 Å². The first kappa shape index (κ1) is 36.6. The summed E-state index contributed by atoms with van der Waals surface area (Å²) in [5.74, 6) is -6.23. The molecule has 264 valence electrons. The highest BCUT2D eigenvalue weighted by Gasteiger charge is 2.39. The standard InChI is InChI=1S/C33H34ClF5N4O5S/c1-48-30(44)14-25(31(19-7-10-26(34)28(36)13-19)20-12-21(16-40-15-20)33(37,38)39)32(45)42-29-6-2-5-27(35)24(29)9-8-23-17-41-22-4-3-11-49(46,47)43(23)18-22/h2,5-7,10,12-13,15-16,22-23,25,31,41H,3-4,8-9,11,14,17-18H2,1H3,(H,42,45)/t22?,23?,25-,31-/m0/s1. The second-order valence-corrected chi connectivity index (χ2v) is 14.6. The lowest BCUT2D eigenvalue weighted by atomic mass is 9.78. The van der Waals surface area contributed by atoms with Crippen LogP contribution in [0.1, 0.15) is 53.9 Å². The van der Waals surface area contributed by atoms with Crippen LogP contribution in [0.3, 0.4) is 0 Å². The number of ether oxygens (including phenoxy) is 1. The van der Waals surface area contributed by atoms with Gasteiger partial charge in [-0.2, -0.15) is 17.5 Å². The first-order chi connectivity index (χ1) is 23.2. The van der Waals surface area contributed by atoms with E-state index in [1.807, 2.05) is 0 Å². The molecule has 2 N–H and O–H groups in total. The first-order valence-corrected chi connectivity index (χ1v) is 17.5. The van der Waals surface area contributed by atoms with Gasteiger partial charge in [-0.25, -0.2) is 17.2 Å². The minimum Gasteiger partial charge on any atom is -0.469 e. The predicted molar refractivity (Wildman–Crippen MR) is 171 cm³/mol. The number of carbonyl (C=O) groups is 2. The average Bonchev–Trinajstić information content (AvgIpc) is 3.17. The molecule has 16 heteroatoms. The van der Waals surface area contributed by atoms with Crippen LogP contribution in [0.15, 0.2) is 54.9 Å². The number of benzene rings is 2. The number of amides is 1. The lowest BCUT2D eigenvalue weighted by Crippen LogP contribution is -2.57. The van der Waals surface area contributed by atoms with Gasteiger partial charge in [0.1, 0.15) is 11.6 Å². The Morgan fingerprint density at radius 2 is 1.90 bits per heavy atom. The highest BCUT2D eigenvalue weighted by atomic mass is 35.5. The van der Waals surface area contributed by atoms with Gasteiger partial charge in [-0.3, -0.25) is 14.6 Å². The summed E-state index contributed by atoms with van der Waals surface area (Å²) in [6.45, 7) is 0.672. The topological polar surface area (TPSA) is 118 Å². The van der Waals surface area contributed by atoms with Crippen molar-refractivity contribution in [1.29, 1.82) is 0 Å². The number of sulfonamides is 1. The number of esters is 1. The molecule has 5 rings (SSSR count).